The van der Waals surface area contributed by atoms with Crippen LogP contribution in [-0.2, 0) is 0 Å². The van der Waals surface area contributed by atoms with Gasteiger partial charge >= 0.3 is 0 Å². The number of thiophene rings is 1. The Bertz CT molecular complexity index is 674. The minimum atomic E-state index is -0.421. The molecule has 0 spiro atoms. The van der Waals surface area contributed by atoms with Crippen LogP contribution >= 0.6 is 11.3 Å². The molecule has 1 saturated carbocycles. The van der Waals surface area contributed by atoms with E-state index in [0.29, 0.717) is 4.88 Å². The second-order valence-corrected chi connectivity index (χ2v) is 6.13. The van der Waals surface area contributed by atoms with Gasteiger partial charge < -0.3 is 5.32 Å². The molecule has 104 valence electrons. The van der Waals surface area contributed by atoms with Gasteiger partial charge in [0.05, 0.1) is 9.80 Å². The number of nitrogens with one attached hydrogen (secondary N) is 1. The Morgan fingerprint density at radius 2 is 2.05 bits per heavy atom. The number of nitrogens with zero attached hydrogens (tertiary/aromatic N) is 1. The van der Waals surface area contributed by atoms with E-state index in [9.17, 15) is 14.9 Å². The molecule has 20 heavy (non-hydrogen) atoms. The quantitative estimate of drug-likeness (QED) is 0.694. The number of hydrogen-bond acceptors (Lipinski definition) is 4. The monoisotopic (exact) mass is 290 g/mol. The van der Waals surface area contributed by atoms with Crippen molar-refractivity contribution in [1.29, 1.82) is 0 Å². The molecule has 0 unspecified atom stereocenters. The number of nitro groups is 1. The van der Waals surface area contributed by atoms with Gasteiger partial charge in [-0.3, -0.25) is 14.9 Å². The van der Waals surface area contributed by atoms with Gasteiger partial charge in [0.1, 0.15) is 0 Å². The minimum Gasteiger partial charge on any atom is -0.349 e. The highest BCUT2D eigenvalue weighted by molar-refractivity contribution is 7.20. The van der Waals surface area contributed by atoms with E-state index < -0.39 is 4.92 Å². The van der Waals surface area contributed by atoms with Gasteiger partial charge in [0.2, 0.25) is 0 Å². The molecule has 6 heteroatoms. The Morgan fingerprint density at radius 1 is 1.30 bits per heavy atom. The van der Waals surface area contributed by atoms with Crippen LogP contribution in [0.15, 0.2) is 24.3 Å². The summed E-state index contributed by atoms with van der Waals surface area (Å²) in [6.45, 7) is 0. The molecule has 3 rings (SSSR count). The molecule has 1 aromatic carbocycles. The second kappa shape index (κ2) is 5.20. The first kappa shape index (κ1) is 13.1. The maximum atomic E-state index is 12.2. The smallest absolute Gasteiger partial charge is 0.270 e. The Hall–Kier alpha value is -1.95. The normalized spacial score (nSPS) is 15.6. The number of rotatable bonds is 3. The zero-order valence-electron chi connectivity index (χ0n) is 10.8. The molecule has 1 heterocycles. The van der Waals surface area contributed by atoms with Crippen LogP contribution in [0.2, 0.25) is 0 Å². The van der Waals surface area contributed by atoms with Crippen molar-refractivity contribution in [2.75, 3.05) is 0 Å². The Morgan fingerprint density at radius 3 is 2.75 bits per heavy atom. The molecule has 0 saturated heterocycles. The number of carbonyl (C=O) groups excluding carboxylic acids is 1. The second-order valence-electron chi connectivity index (χ2n) is 5.04. The highest BCUT2D eigenvalue weighted by Gasteiger charge is 2.19. The lowest BCUT2D eigenvalue weighted by atomic mass is 10.2. The lowest BCUT2D eigenvalue weighted by Gasteiger charge is -2.10. The first-order valence-corrected chi connectivity index (χ1v) is 7.44. The number of non-ortho nitro benzene ring substituents is 1. The maximum absolute atomic E-state index is 12.2. The maximum Gasteiger partial charge on any atom is 0.270 e. The lowest BCUT2D eigenvalue weighted by molar-refractivity contribution is -0.384. The number of amides is 1. The highest BCUT2D eigenvalue weighted by Crippen LogP contribution is 2.29. The third-order valence-corrected chi connectivity index (χ3v) is 4.74. The van der Waals surface area contributed by atoms with Crippen LogP contribution in [0.4, 0.5) is 5.69 Å². The fourth-order valence-corrected chi connectivity index (χ4v) is 3.53. The van der Waals surface area contributed by atoms with Crippen molar-refractivity contribution < 1.29 is 9.72 Å². The van der Waals surface area contributed by atoms with Gasteiger partial charge in [0.25, 0.3) is 11.6 Å². The van der Waals surface area contributed by atoms with Crippen molar-refractivity contribution in [2.45, 2.75) is 31.7 Å². The average molecular weight is 290 g/mol. The highest BCUT2D eigenvalue weighted by atomic mass is 32.1. The zero-order valence-corrected chi connectivity index (χ0v) is 11.6. The van der Waals surface area contributed by atoms with Gasteiger partial charge in [-0.2, -0.15) is 0 Å². The van der Waals surface area contributed by atoms with Crippen molar-refractivity contribution in [3.8, 4) is 0 Å². The number of fused-ring (bicyclic) bond motifs is 1. The number of benzene rings is 1. The number of hydrogen-bond donors (Lipinski definition) is 1. The molecule has 0 bridgehead atoms. The van der Waals surface area contributed by atoms with Crippen molar-refractivity contribution in [1.82, 2.24) is 5.32 Å². The van der Waals surface area contributed by atoms with Crippen molar-refractivity contribution in [3.63, 3.8) is 0 Å². The standard InChI is InChI=1S/C14H14N2O3S/c17-14(15-10-3-1-2-4-10)13-8-9-7-11(16(18)19)5-6-12(9)20-13/h5-8,10H,1-4H2,(H,15,17). The van der Waals surface area contributed by atoms with Gasteiger partial charge in [-0.05, 0) is 25.0 Å². The summed E-state index contributed by atoms with van der Waals surface area (Å²) in [5.74, 6) is -0.0687. The molecule has 5 nitrogen and oxygen atoms in total. The van der Waals surface area contributed by atoms with E-state index in [2.05, 4.69) is 5.32 Å². The summed E-state index contributed by atoms with van der Waals surface area (Å²) in [6, 6.07) is 6.69. The summed E-state index contributed by atoms with van der Waals surface area (Å²) in [6.07, 6.45) is 4.43. The third-order valence-electron chi connectivity index (χ3n) is 3.62. The molecule has 0 radical (unpaired) electrons. The van der Waals surface area contributed by atoms with E-state index in [1.54, 1.807) is 12.1 Å². The number of carbonyl (C=O) groups is 1. The van der Waals surface area contributed by atoms with Gasteiger partial charge in [0, 0.05) is 28.3 Å². The zero-order chi connectivity index (χ0) is 14.1. The van der Waals surface area contributed by atoms with E-state index in [4.69, 9.17) is 0 Å². The molecule has 2 aromatic rings. The first-order valence-electron chi connectivity index (χ1n) is 6.62. The van der Waals surface area contributed by atoms with Crippen molar-refractivity contribution in [2.24, 2.45) is 0 Å². The summed E-state index contributed by atoms with van der Waals surface area (Å²) >= 11 is 1.37. The van der Waals surface area contributed by atoms with Crippen LogP contribution in [0.3, 0.4) is 0 Å². The van der Waals surface area contributed by atoms with Crippen molar-refractivity contribution >= 4 is 33.0 Å². The molecular formula is C14H14N2O3S. The minimum absolute atomic E-state index is 0.0538. The van der Waals surface area contributed by atoms with E-state index in [1.807, 2.05) is 0 Å². The van der Waals surface area contributed by atoms with Gasteiger partial charge in [0.15, 0.2) is 0 Å². The van der Waals surface area contributed by atoms with Crippen LogP contribution in [0.1, 0.15) is 35.4 Å². The van der Waals surface area contributed by atoms with E-state index >= 15 is 0 Å². The first-order chi connectivity index (χ1) is 9.63. The Kier molecular flexibility index (Phi) is 3.40. The molecule has 0 atom stereocenters. The van der Waals surface area contributed by atoms with Gasteiger partial charge in [-0.15, -0.1) is 11.3 Å². The summed E-state index contributed by atoms with van der Waals surface area (Å²) in [5, 5.41) is 14.5. The summed E-state index contributed by atoms with van der Waals surface area (Å²) in [4.78, 5) is 23.1. The number of nitro benzene ring substituents is 1. The molecule has 1 aliphatic carbocycles. The predicted molar refractivity (Wildman–Crippen MR) is 78.2 cm³/mol. The molecule has 1 amide bonds. The summed E-state index contributed by atoms with van der Waals surface area (Å²) in [7, 11) is 0. The van der Waals surface area contributed by atoms with Crippen LogP contribution < -0.4 is 5.32 Å². The third kappa shape index (κ3) is 2.51. The van der Waals surface area contributed by atoms with Crippen LogP contribution in [-0.4, -0.2) is 16.9 Å². The SMILES string of the molecule is O=C(NC1CCCC1)c1cc2cc([N+](=O)[O-])ccc2s1. The fourth-order valence-electron chi connectivity index (χ4n) is 2.58. The predicted octanol–water partition coefficient (Wildman–Crippen LogP) is 3.48. The molecule has 1 aliphatic rings. The lowest BCUT2D eigenvalue weighted by Crippen LogP contribution is -2.31. The molecule has 1 fully saturated rings. The van der Waals surface area contributed by atoms with E-state index in [0.717, 1.165) is 22.9 Å². The van der Waals surface area contributed by atoms with Gasteiger partial charge in [-0.25, -0.2) is 0 Å². The van der Waals surface area contributed by atoms with Crippen LogP contribution in [0.25, 0.3) is 10.1 Å². The topological polar surface area (TPSA) is 72.2 Å². The Balaban J connectivity index is 1.84. The van der Waals surface area contributed by atoms with Crippen LogP contribution in [0.5, 0.6) is 0 Å². The van der Waals surface area contributed by atoms with E-state index in [1.165, 1.54) is 36.3 Å². The molecule has 1 N–H and O–H groups in total. The average Bonchev–Trinajstić information content (AvgIpc) is 3.05. The fraction of sp³-hybridized carbons (Fsp3) is 0.357. The van der Waals surface area contributed by atoms with E-state index in [-0.39, 0.29) is 17.6 Å². The largest absolute Gasteiger partial charge is 0.349 e. The summed E-state index contributed by atoms with van der Waals surface area (Å²) in [5.41, 5.74) is 0.0538. The van der Waals surface area contributed by atoms with Crippen LogP contribution in [0, 0.1) is 10.1 Å². The van der Waals surface area contributed by atoms with Gasteiger partial charge in [-0.1, -0.05) is 12.8 Å². The molecular weight excluding hydrogens is 276 g/mol. The Labute approximate surface area is 119 Å². The molecule has 0 aliphatic heterocycles. The molecule has 1 aromatic heterocycles. The summed E-state index contributed by atoms with van der Waals surface area (Å²) < 4.78 is 0.896. The van der Waals surface area contributed by atoms with Crippen molar-refractivity contribution in [3.05, 3.63) is 39.3 Å².